The van der Waals surface area contributed by atoms with Crippen molar-refractivity contribution in [3.63, 3.8) is 0 Å². The molecule has 0 aliphatic carbocycles. The third-order valence-corrected chi connectivity index (χ3v) is 3.28. The van der Waals surface area contributed by atoms with Gasteiger partial charge in [-0.1, -0.05) is 0 Å². The Hall–Kier alpha value is -3.88. The van der Waals surface area contributed by atoms with Crippen LogP contribution in [0.1, 0.15) is 5.56 Å². The van der Waals surface area contributed by atoms with Crippen LogP contribution in [0, 0.1) is 11.3 Å². The van der Waals surface area contributed by atoms with Crippen molar-refractivity contribution in [1.82, 2.24) is 0 Å². The molecule has 0 heterocycles. The molecule has 2 N–H and O–H groups in total. The van der Waals surface area contributed by atoms with Gasteiger partial charge in [0.2, 0.25) is 0 Å². The Bertz CT molecular complexity index is 974. The van der Waals surface area contributed by atoms with Crippen LogP contribution in [-0.4, -0.2) is 23.7 Å². The monoisotopic (exact) mass is 432 g/mol. The Labute approximate surface area is 164 Å². The molecule has 0 saturated heterocycles. The number of alkyl halides is 6. The van der Waals surface area contributed by atoms with Crippen LogP contribution in [0.4, 0.5) is 32.0 Å². The minimum Gasteiger partial charge on any atom is -0.506 e. The lowest BCUT2D eigenvalue weighted by atomic mass is 10.1. The average molecular weight is 432 g/mol. The first-order valence-corrected chi connectivity index (χ1v) is 7.74. The molecule has 0 atom stereocenters. The van der Waals surface area contributed by atoms with Crippen molar-refractivity contribution in [2.45, 2.75) is 12.7 Å². The number of aliphatic hydroxyl groups is 1. The first-order valence-electron chi connectivity index (χ1n) is 7.74. The van der Waals surface area contributed by atoms with Gasteiger partial charge in [-0.05, 0) is 48.5 Å². The van der Waals surface area contributed by atoms with Gasteiger partial charge in [0.1, 0.15) is 23.3 Å². The predicted molar refractivity (Wildman–Crippen MR) is 90.0 cm³/mol. The highest BCUT2D eigenvalue weighted by Gasteiger charge is 2.31. The first kappa shape index (κ1) is 22.4. The molecule has 0 unspecified atom stereocenters. The molecule has 2 aromatic rings. The van der Waals surface area contributed by atoms with Gasteiger partial charge in [-0.3, -0.25) is 4.79 Å². The molecule has 1 amide bonds. The number of nitrogens with zero attached hydrogens (tertiary/aromatic N) is 1. The molecule has 0 aliphatic heterocycles. The summed E-state index contributed by atoms with van der Waals surface area (Å²) < 4.78 is 80.2. The number of nitrogens with one attached hydrogen (secondary N) is 1. The minimum absolute atomic E-state index is 0.0102. The molecule has 0 spiro atoms. The molecule has 0 radical (unpaired) electrons. The fourth-order valence-electron chi connectivity index (χ4n) is 2.10. The molecule has 2 rings (SSSR count). The number of hydrogen-bond donors (Lipinski definition) is 2. The summed E-state index contributed by atoms with van der Waals surface area (Å²) in [6, 6.07) is 9.12. The quantitative estimate of drug-likeness (QED) is 0.303. The number of benzene rings is 2. The number of carbonyl (C=O) groups excluding carboxylic acids is 1. The number of anilines is 1. The molecule has 0 aliphatic rings. The van der Waals surface area contributed by atoms with E-state index in [1.807, 2.05) is 0 Å². The zero-order chi connectivity index (χ0) is 22.5. The van der Waals surface area contributed by atoms with E-state index < -0.39 is 41.5 Å². The van der Waals surface area contributed by atoms with Crippen molar-refractivity contribution in [1.29, 1.82) is 5.26 Å². The normalized spacial score (nSPS) is 12.4. The molecule has 2 aromatic carbocycles. The van der Waals surface area contributed by atoms with Crippen LogP contribution in [0.2, 0.25) is 0 Å². The summed E-state index contributed by atoms with van der Waals surface area (Å²) in [7, 11) is 0. The van der Waals surface area contributed by atoms with Gasteiger partial charge in [0.15, 0.2) is 5.57 Å². The van der Waals surface area contributed by atoms with Gasteiger partial charge in [-0.25, -0.2) is 0 Å². The van der Waals surface area contributed by atoms with Gasteiger partial charge in [-0.15, -0.1) is 26.3 Å². The summed E-state index contributed by atoms with van der Waals surface area (Å²) in [5.74, 6) is -3.05. The molecule has 0 bridgehead atoms. The summed E-state index contributed by atoms with van der Waals surface area (Å²) in [6.45, 7) is 0. The lowest BCUT2D eigenvalue weighted by Gasteiger charge is -2.11. The molecule has 0 fully saturated rings. The van der Waals surface area contributed by atoms with Gasteiger partial charge in [0.05, 0.1) is 0 Å². The molecule has 0 aromatic heterocycles. The molecule has 30 heavy (non-hydrogen) atoms. The number of aliphatic hydroxyl groups excluding tert-OH is 1. The molecular formula is C18H10F6N2O4. The zero-order valence-corrected chi connectivity index (χ0v) is 14.5. The smallest absolute Gasteiger partial charge is 0.506 e. The third-order valence-electron chi connectivity index (χ3n) is 3.28. The van der Waals surface area contributed by atoms with Gasteiger partial charge < -0.3 is 19.9 Å². The third kappa shape index (κ3) is 6.62. The summed E-state index contributed by atoms with van der Waals surface area (Å²) >= 11 is 0. The Balaban J connectivity index is 2.16. The standard InChI is InChI=1S/C18H10F6N2O4/c19-17(20,21)29-12-5-1-10(2-6-12)15(27)14(9-25)16(28)26-11-3-7-13(8-4-11)30-18(22,23)24/h1-8,27H,(H,26,28)/b15-14-. The van der Waals surface area contributed by atoms with Crippen LogP contribution in [0.5, 0.6) is 11.5 Å². The van der Waals surface area contributed by atoms with Crippen molar-refractivity contribution in [3.8, 4) is 17.6 Å². The van der Waals surface area contributed by atoms with Crippen LogP contribution >= 0.6 is 0 Å². The maximum atomic E-state index is 12.2. The van der Waals surface area contributed by atoms with Crippen LogP contribution in [0.3, 0.4) is 0 Å². The second kappa shape index (κ2) is 8.64. The summed E-state index contributed by atoms with van der Waals surface area (Å²) in [5.41, 5.74) is -0.941. The van der Waals surface area contributed by atoms with E-state index in [-0.39, 0.29) is 11.3 Å². The van der Waals surface area contributed by atoms with Crippen molar-refractivity contribution in [3.05, 3.63) is 59.7 Å². The van der Waals surface area contributed by atoms with Crippen LogP contribution in [0.25, 0.3) is 5.76 Å². The van der Waals surface area contributed by atoms with Crippen LogP contribution < -0.4 is 14.8 Å². The number of amides is 1. The van der Waals surface area contributed by atoms with E-state index in [0.717, 1.165) is 48.5 Å². The zero-order valence-electron chi connectivity index (χ0n) is 14.5. The van der Waals surface area contributed by atoms with Crippen molar-refractivity contribution < 1.29 is 45.7 Å². The van der Waals surface area contributed by atoms with Crippen LogP contribution in [-0.2, 0) is 4.79 Å². The van der Waals surface area contributed by atoms with Gasteiger partial charge >= 0.3 is 12.7 Å². The summed E-state index contributed by atoms with van der Waals surface area (Å²) in [5, 5.41) is 21.4. The maximum Gasteiger partial charge on any atom is 0.573 e. The Kier molecular flexibility index (Phi) is 6.46. The van der Waals surface area contributed by atoms with Gasteiger partial charge in [0.25, 0.3) is 5.91 Å². The minimum atomic E-state index is -4.92. The molecule has 0 saturated carbocycles. The highest BCUT2D eigenvalue weighted by molar-refractivity contribution is 6.10. The van der Waals surface area contributed by atoms with E-state index in [1.54, 1.807) is 0 Å². The highest BCUT2D eigenvalue weighted by Crippen LogP contribution is 2.26. The Morgan fingerprint density at radius 2 is 1.30 bits per heavy atom. The average Bonchev–Trinajstić information content (AvgIpc) is 2.62. The Morgan fingerprint density at radius 1 is 0.867 bits per heavy atom. The molecule has 158 valence electrons. The SMILES string of the molecule is N#C/C(C(=O)Nc1ccc(OC(F)(F)F)cc1)=C(/O)c1ccc(OC(F)(F)F)cc1. The van der Waals surface area contributed by atoms with E-state index in [9.17, 15) is 36.2 Å². The van der Waals surface area contributed by atoms with Crippen molar-refractivity contribution in [2.75, 3.05) is 5.32 Å². The fourth-order valence-corrected chi connectivity index (χ4v) is 2.10. The summed E-state index contributed by atoms with van der Waals surface area (Å²) in [4.78, 5) is 12.2. The number of rotatable bonds is 5. The molecule has 6 nitrogen and oxygen atoms in total. The highest BCUT2D eigenvalue weighted by atomic mass is 19.4. The molecule has 12 heteroatoms. The van der Waals surface area contributed by atoms with E-state index in [0.29, 0.717) is 0 Å². The van der Waals surface area contributed by atoms with Crippen molar-refractivity contribution in [2.24, 2.45) is 0 Å². The number of ether oxygens (including phenoxy) is 2. The lowest BCUT2D eigenvalue weighted by Crippen LogP contribution is -2.17. The number of nitriles is 1. The van der Waals surface area contributed by atoms with E-state index >= 15 is 0 Å². The van der Waals surface area contributed by atoms with Crippen molar-refractivity contribution >= 4 is 17.4 Å². The lowest BCUT2D eigenvalue weighted by molar-refractivity contribution is -0.275. The van der Waals surface area contributed by atoms with E-state index in [2.05, 4.69) is 14.8 Å². The van der Waals surface area contributed by atoms with Gasteiger partial charge in [-0.2, -0.15) is 5.26 Å². The fraction of sp³-hybridized carbons (Fsp3) is 0.111. The second-order valence-corrected chi connectivity index (χ2v) is 5.43. The maximum absolute atomic E-state index is 12.2. The number of hydrogen-bond acceptors (Lipinski definition) is 5. The largest absolute Gasteiger partial charge is 0.573 e. The number of halogens is 6. The molecular weight excluding hydrogens is 422 g/mol. The van der Waals surface area contributed by atoms with E-state index in [4.69, 9.17) is 5.26 Å². The first-order chi connectivity index (χ1) is 13.9. The van der Waals surface area contributed by atoms with E-state index in [1.165, 1.54) is 6.07 Å². The topological polar surface area (TPSA) is 91.6 Å². The summed E-state index contributed by atoms with van der Waals surface area (Å²) in [6.07, 6.45) is -9.81. The Morgan fingerprint density at radius 3 is 1.70 bits per heavy atom. The predicted octanol–water partition coefficient (Wildman–Crippen LogP) is 4.92. The van der Waals surface area contributed by atoms with Gasteiger partial charge in [0, 0.05) is 11.3 Å². The second-order valence-electron chi connectivity index (χ2n) is 5.43. The van der Waals surface area contributed by atoms with Crippen LogP contribution in [0.15, 0.2) is 54.1 Å². The number of carbonyl (C=O) groups is 1.